The summed E-state index contributed by atoms with van der Waals surface area (Å²) in [4.78, 5) is 8.30. The van der Waals surface area contributed by atoms with E-state index in [1.54, 1.807) is 36.2 Å². The van der Waals surface area contributed by atoms with Crippen LogP contribution in [0, 0.1) is 0 Å². The summed E-state index contributed by atoms with van der Waals surface area (Å²) in [5, 5.41) is 8.65. The molecule has 1 aromatic carbocycles. The Labute approximate surface area is 137 Å². The van der Waals surface area contributed by atoms with Crippen molar-refractivity contribution < 1.29 is 9.47 Å². The molecular weight excluding hydrogens is 318 g/mol. The number of hydrogen-bond acceptors (Lipinski definition) is 6. The molecule has 0 N–H and O–H groups in total. The number of hydrogen-bond donors (Lipinski definition) is 0. The summed E-state index contributed by atoms with van der Waals surface area (Å²) < 4.78 is 12.1. The lowest BCUT2D eigenvalue weighted by Crippen LogP contribution is -2.00. The highest BCUT2D eigenvalue weighted by Crippen LogP contribution is 2.29. The van der Waals surface area contributed by atoms with Crippen molar-refractivity contribution >= 4 is 11.6 Å². The van der Waals surface area contributed by atoms with Gasteiger partial charge >= 0.3 is 0 Å². The number of rotatable bonds is 5. The van der Waals surface area contributed by atoms with Crippen LogP contribution in [0.5, 0.6) is 11.8 Å². The molecule has 0 saturated heterocycles. The first-order valence-electron chi connectivity index (χ1n) is 6.92. The molecule has 0 fully saturated rings. The second kappa shape index (κ2) is 6.62. The van der Waals surface area contributed by atoms with E-state index in [2.05, 4.69) is 20.3 Å². The molecule has 0 aliphatic rings. The van der Waals surface area contributed by atoms with Crippen molar-refractivity contribution in [3.05, 3.63) is 41.8 Å². The summed E-state index contributed by atoms with van der Waals surface area (Å²) in [6, 6.07) is 7.16. The molecule has 23 heavy (non-hydrogen) atoms. The van der Waals surface area contributed by atoms with Gasteiger partial charge in [0.2, 0.25) is 5.88 Å². The van der Waals surface area contributed by atoms with Gasteiger partial charge in [0.25, 0.3) is 5.88 Å². The molecule has 0 saturated carbocycles. The van der Waals surface area contributed by atoms with Gasteiger partial charge in [0, 0.05) is 16.7 Å². The van der Waals surface area contributed by atoms with Crippen LogP contribution < -0.4 is 9.47 Å². The van der Waals surface area contributed by atoms with E-state index in [0.29, 0.717) is 29.1 Å². The fraction of sp³-hybridized carbons (Fsp3) is 0.200. The first-order valence-corrected chi connectivity index (χ1v) is 7.30. The van der Waals surface area contributed by atoms with E-state index in [-0.39, 0.29) is 0 Å². The number of aromatic nitrogens is 5. The summed E-state index contributed by atoms with van der Waals surface area (Å²) in [5.41, 5.74) is 2.22. The van der Waals surface area contributed by atoms with E-state index in [1.165, 1.54) is 6.33 Å². The van der Waals surface area contributed by atoms with Crippen LogP contribution in [0.2, 0.25) is 5.02 Å². The standard InChI is InChI=1S/C15H14ClN5O2/c1-3-23-15-8-21(20-19-15)13-5-4-10(16)6-11(13)12-7-14(22-2)18-9-17-12/h4-9H,3H2,1-2H3. The molecule has 0 atom stereocenters. The molecule has 7 nitrogen and oxygen atoms in total. The lowest BCUT2D eigenvalue weighted by molar-refractivity contribution is 0.326. The molecule has 0 spiro atoms. The average molecular weight is 332 g/mol. The van der Waals surface area contributed by atoms with E-state index >= 15 is 0 Å². The molecule has 0 unspecified atom stereocenters. The van der Waals surface area contributed by atoms with Gasteiger partial charge in [0.15, 0.2) is 0 Å². The van der Waals surface area contributed by atoms with Crippen LogP contribution in [0.1, 0.15) is 6.92 Å². The van der Waals surface area contributed by atoms with Crippen molar-refractivity contribution in [3.63, 3.8) is 0 Å². The molecule has 3 rings (SSSR count). The predicted octanol–water partition coefficient (Wildman–Crippen LogP) is 2.79. The third kappa shape index (κ3) is 3.24. The Morgan fingerprint density at radius 2 is 2.04 bits per heavy atom. The van der Waals surface area contributed by atoms with Crippen LogP contribution >= 0.6 is 11.6 Å². The van der Waals surface area contributed by atoms with E-state index in [4.69, 9.17) is 21.1 Å². The van der Waals surface area contributed by atoms with Gasteiger partial charge < -0.3 is 9.47 Å². The van der Waals surface area contributed by atoms with E-state index in [0.717, 1.165) is 11.3 Å². The van der Waals surface area contributed by atoms with Crippen molar-refractivity contribution in [3.8, 4) is 28.7 Å². The number of benzene rings is 1. The minimum Gasteiger partial charge on any atom is -0.481 e. The Morgan fingerprint density at radius 1 is 1.17 bits per heavy atom. The van der Waals surface area contributed by atoms with Crippen LogP contribution in [0.3, 0.4) is 0 Å². The Hall–Kier alpha value is -2.67. The molecule has 0 bridgehead atoms. The number of nitrogens with zero attached hydrogens (tertiary/aromatic N) is 5. The third-order valence-electron chi connectivity index (χ3n) is 3.10. The fourth-order valence-electron chi connectivity index (χ4n) is 2.09. The Balaban J connectivity index is 2.10. The molecule has 3 aromatic rings. The smallest absolute Gasteiger partial charge is 0.253 e. The molecule has 8 heteroatoms. The summed E-state index contributed by atoms with van der Waals surface area (Å²) >= 11 is 6.14. The van der Waals surface area contributed by atoms with Gasteiger partial charge in [-0.1, -0.05) is 21.9 Å². The van der Waals surface area contributed by atoms with Crippen LogP contribution in [-0.4, -0.2) is 38.7 Å². The van der Waals surface area contributed by atoms with Crippen LogP contribution in [0.15, 0.2) is 36.8 Å². The monoisotopic (exact) mass is 331 g/mol. The first-order chi connectivity index (χ1) is 11.2. The summed E-state index contributed by atoms with van der Waals surface area (Å²) in [6.07, 6.45) is 3.14. The zero-order valence-corrected chi connectivity index (χ0v) is 13.4. The van der Waals surface area contributed by atoms with Gasteiger partial charge in [-0.15, -0.1) is 0 Å². The van der Waals surface area contributed by atoms with E-state index in [9.17, 15) is 0 Å². The van der Waals surface area contributed by atoms with E-state index in [1.807, 2.05) is 13.0 Å². The third-order valence-corrected chi connectivity index (χ3v) is 3.33. The lowest BCUT2D eigenvalue weighted by atomic mass is 10.1. The van der Waals surface area contributed by atoms with Crippen molar-refractivity contribution in [1.29, 1.82) is 0 Å². The second-order valence-corrected chi connectivity index (χ2v) is 4.98. The van der Waals surface area contributed by atoms with Crippen LogP contribution in [-0.2, 0) is 0 Å². The van der Waals surface area contributed by atoms with Crippen LogP contribution in [0.25, 0.3) is 16.9 Å². The van der Waals surface area contributed by atoms with Crippen molar-refractivity contribution in [2.45, 2.75) is 6.92 Å². The highest BCUT2D eigenvalue weighted by molar-refractivity contribution is 6.31. The minimum atomic E-state index is 0.452. The Morgan fingerprint density at radius 3 is 2.83 bits per heavy atom. The van der Waals surface area contributed by atoms with Crippen molar-refractivity contribution in [2.75, 3.05) is 13.7 Å². The normalized spacial score (nSPS) is 10.6. The highest BCUT2D eigenvalue weighted by Gasteiger charge is 2.13. The number of ether oxygens (including phenoxy) is 2. The lowest BCUT2D eigenvalue weighted by Gasteiger charge is -2.09. The molecular formula is C15H14ClN5O2. The highest BCUT2D eigenvalue weighted by atomic mass is 35.5. The molecule has 0 radical (unpaired) electrons. The quantitative estimate of drug-likeness (QED) is 0.715. The molecule has 118 valence electrons. The maximum atomic E-state index is 6.14. The van der Waals surface area contributed by atoms with Gasteiger partial charge in [0.1, 0.15) is 6.33 Å². The van der Waals surface area contributed by atoms with Crippen molar-refractivity contribution in [2.24, 2.45) is 0 Å². The topological polar surface area (TPSA) is 75.0 Å². The SMILES string of the molecule is CCOc1cn(-c2ccc(Cl)cc2-c2cc(OC)ncn2)nn1. The van der Waals surface area contributed by atoms with E-state index < -0.39 is 0 Å². The van der Waals surface area contributed by atoms with Gasteiger partial charge in [-0.2, -0.15) is 0 Å². The van der Waals surface area contributed by atoms with Gasteiger partial charge in [-0.25, -0.2) is 14.6 Å². The zero-order valence-electron chi connectivity index (χ0n) is 12.6. The summed E-state index contributed by atoms with van der Waals surface area (Å²) in [6.45, 7) is 2.41. The number of methoxy groups -OCH3 is 1. The maximum absolute atomic E-state index is 6.14. The summed E-state index contributed by atoms with van der Waals surface area (Å²) in [5.74, 6) is 0.920. The largest absolute Gasteiger partial charge is 0.481 e. The van der Waals surface area contributed by atoms with Gasteiger partial charge in [0.05, 0.1) is 31.3 Å². The molecule has 0 amide bonds. The predicted molar refractivity (Wildman–Crippen MR) is 85.1 cm³/mol. The fourth-order valence-corrected chi connectivity index (χ4v) is 2.26. The Kier molecular flexibility index (Phi) is 4.38. The second-order valence-electron chi connectivity index (χ2n) is 4.54. The molecule has 0 aliphatic heterocycles. The molecule has 2 aromatic heterocycles. The minimum absolute atomic E-state index is 0.452. The number of halogens is 1. The average Bonchev–Trinajstić information content (AvgIpc) is 3.03. The Bertz CT molecular complexity index is 821. The maximum Gasteiger partial charge on any atom is 0.253 e. The molecule has 0 aliphatic carbocycles. The van der Waals surface area contributed by atoms with Crippen molar-refractivity contribution in [1.82, 2.24) is 25.0 Å². The van der Waals surface area contributed by atoms with Gasteiger partial charge in [-0.3, -0.25) is 0 Å². The summed E-state index contributed by atoms with van der Waals surface area (Å²) in [7, 11) is 1.55. The van der Waals surface area contributed by atoms with Gasteiger partial charge in [-0.05, 0) is 25.1 Å². The first kappa shape index (κ1) is 15.2. The van der Waals surface area contributed by atoms with Crippen LogP contribution in [0.4, 0.5) is 0 Å². The molecule has 2 heterocycles. The zero-order chi connectivity index (χ0) is 16.2.